The smallest absolute Gasteiger partial charge is 0.268 e. The zero-order valence-electron chi connectivity index (χ0n) is 11.2. The highest BCUT2D eigenvalue weighted by atomic mass is 32.1. The summed E-state index contributed by atoms with van der Waals surface area (Å²) < 4.78 is 2.55. The molecule has 0 amide bonds. The molecule has 0 N–H and O–H groups in total. The number of fused-ring (bicyclic) bond motifs is 2. The first kappa shape index (κ1) is 12.3. The largest absolute Gasteiger partial charge is 0.310 e. The fourth-order valence-electron chi connectivity index (χ4n) is 2.52. The summed E-state index contributed by atoms with van der Waals surface area (Å²) in [7, 11) is 0. The summed E-state index contributed by atoms with van der Waals surface area (Å²) in [6, 6.07) is 14.1. The van der Waals surface area contributed by atoms with E-state index in [0.29, 0.717) is 6.54 Å². The number of benzene rings is 1. The van der Waals surface area contributed by atoms with Crippen LogP contribution in [0.5, 0.6) is 0 Å². The van der Waals surface area contributed by atoms with Gasteiger partial charge < -0.3 is 4.57 Å². The average Bonchev–Trinajstić information content (AvgIpc) is 2.99. The Kier molecular flexibility index (Phi) is 2.82. The molecule has 0 spiro atoms. The second-order valence-corrected chi connectivity index (χ2v) is 5.91. The van der Waals surface area contributed by atoms with Crippen LogP contribution in [0.15, 0.2) is 65.0 Å². The lowest BCUT2D eigenvalue weighted by molar-refractivity contribution is 0.767. The average molecular weight is 292 g/mol. The van der Waals surface area contributed by atoms with E-state index in [2.05, 4.69) is 11.1 Å². The van der Waals surface area contributed by atoms with Gasteiger partial charge in [-0.25, -0.2) is 0 Å². The van der Waals surface area contributed by atoms with Gasteiger partial charge in [0.05, 0.1) is 16.8 Å². The molecule has 3 nitrogen and oxygen atoms in total. The van der Waals surface area contributed by atoms with Gasteiger partial charge in [-0.2, -0.15) is 0 Å². The number of pyridine rings is 2. The van der Waals surface area contributed by atoms with Crippen LogP contribution >= 0.6 is 11.3 Å². The first-order valence-corrected chi connectivity index (χ1v) is 7.59. The molecule has 1 aromatic carbocycles. The maximum absolute atomic E-state index is 12.4. The number of hydrogen-bond donors (Lipinski definition) is 0. The first-order valence-electron chi connectivity index (χ1n) is 6.71. The van der Waals surface area contributed by atoms with Crippen molar-refractivity contribution in [1.82, 2.24) is 9.55 Å². The Hall–Kier alpha value is -2.46. The summed E-state index contributed by atoms with van der Waals surface area (Å²) >= 11 is 1.49. The van der Waals surface area contributed by atoms with E-state index >= 15 is 0 Å². The quantitative estimate of drug-likeness (QED) is 0.565. The van der Waals surface area contributed by atoms with Crippen molar-refractivity contribution < 1.29 is 0 Å². The van der Waals surface area contributed by atoms with Crippen molar-refractivity contribution in [2.45, 2.75) is 6.54 Å². The summed E-state index contributed by atoms with van der Waals surface area (Å²) in [5.74, 6) is 0. The van der Waals surface area contributed by atoms with Gasteiger partial charge in [0.25, 0.3) is 5.56 Å². The van der Waals surface area contributed by atoms with Crippen LogP contribution in [0.2, 0.25) is 0 Å². The minimum atomic E-state index is 0.0654. The summed E-state index contributed by atoms with van der Waals surface area (Å²) in [6.07, 6.45) is 3.69. The van der Waals surface area contributed by atoms with Crippen LogP contribution in [-0.4, -0.2) is 9.55 Å². The second kappa shape index (κ2) is 4.82. The number of rotatable bonds is 2. The van der Waals surface area contributed by atoms with Crippen LogP contribution in [0.25, 0.3) is 21.0 Å². The number of nitrogens with zero attached hydrogens (tertiary/aromatic N) is 2. The number of para-hydroxylation sites is 1. The Bertz CT molecular complexity index is 1000. The van der Waals surface area contributed by atoms with E-state index in [9.17, 15) is 4.79 Å². The molecule has 0 atom stereocenters. The van der Waals surface area contributed by atoms with Crippen molar-refractivity contribution in [3.8, 4) is 0 Å². The van der Waals surface area contributed by atoms with Gasteiger partial charge in [-0.05, 0) is 40.6 Å². The fourth-order valence-corrected chi connectivity index (χ4v) is 3.36. The molecule has 4 heteroatoms. The minimum Gasteiger partial charge on any atom is -0.310 e. The molecule has 3 aromatic heterocycles. The zero-order valence-corrected chi connectivity index (χ0v) is 12.0. The molecule has 4 rings (SSSR count). The molecule has 0 aliphatic carbocycles. The van der Waals surface area contributed by atoms with Crippen LogP contribution in [0, 0.1) is 0 Å². The minimum absolute atomic E-state index is 0.0654. The molecular weight excluding hydrogens is 280 g/mol. The lowest BCUT2D eigenvalue weighted by Gasteiger charge is -2.06. The highest BCUT2D eigenvalue weighted by molar-refractivity contribution is 7.17. The number of aromatic nitrogens is 2. The molecule has 0 bridgehead atoms. The van der Waals surface area contributed by atoms with E-state index in [0.717, 1.165) is 26.6 Å². The van der Waals surface area contributed by atoms with Gasteiger partial charge in [0.2, 0.25) is 0 Å². The van der Waals surface area contributed by atoms with Crippen LogP contribution in [0.1, 0.15) is 5.56 Å². The van der Waals surface area contributed by atoms with E-state index < -0.39 is 0 Å². The molecule has 0 aliphatic heterocycles. The Morgan fingerprint density at radius 2 is 2.00 bits per heavy atom. The van der Waals surface area contributed by atoms with Crippen molar-refractivity contribution >= 4 is 32.3 Å². The third-order valence-electron chi connectivity index (χ3n) is 3.58. The Morgan fingerprint density at radius 3 is 2.95 bits per heavy atom. The SMILES string of the molecule is O=c1c2sccc2ccn1Cc1cnc2ccccc2c1. The zero-order chi connectivity index (χ0) is 14.2. The van der Waals surface area contributed by atoms with Gasteiger partial charge in [-0.15, -0.1) is 11.3 Å². The highest BCUT2D eigenvalue weighted by Gasteiger charge is 2.05. The maximum Gasteiger partial charge on any atom is 0.268 e. The number of thiophene rings is 1. The van der Waals surface area contributed by atoms with Gasteiger partial charge in [0, 0.05) is 17.8 Å². The van der Waals surface area contributed by atoms with Gasteiger partial charge in [0.15, 0.2) is 0 Å². The number of hydrogen-bond acceptors (Lipinski definition) is 3. The van der Waals surface area contributed by atoms with E-state index in [4.69, 9.17) is 0 Å². The highest BCUT2D eigenvalue weighted by Crippen LogP contribution is 2.17. The predicted octanol–water partition coefficient (Wildman–Crippen LogP) is 3.66. The normalized spacial score (nSPS) is 11.2. The first-order chi connectivity index (χ1) is 10.3. The third-order valence-corrected chi connectivity index (χ3v) is 4.50. The maximum atomic E-state index is 12.4. The molecule has 3 heterocycles. The van der Waals surface area contributed by atoms with Crippen LogP contribution in [0.3, 0.4) is 0 Å². The Morgan fingerprint density at radius 1 is 1.10 bits per heavy atom. The topological polar surface area (TPSA) is 34.9 Å². The van der Waals surface area contributed by atoms with Crippen LogP contribution in [-0.2, 0) is 6.54 Å². The van der Waals surface area contributed by atoms with Crippen molar-refractivity contribution in [1.29, 1.82) is 0 Å². The molecule has 0 radical (unpaired) electrons. The lowest BCUT2D eigenvalue weighted by atomic mass is 10.1. The van der Waals surface area contributed by atoms with Gasteiger partial charge in [-0.1, -0.05) is 18.2 Å². The van der Waals surface area contributed by atoms with Crippen molar-refractivity contribution in [3.05, 3.63) is 76.2 Å². The molecule has 4 aromatic rings. The van der Waals surface area contributed by atoms with E-state index in [-0.39, 0.29) is 5.56 Å². The molecule has 21 heavy (non-hydrogen) atoms. The molecule has 0 saturated carbocycles. The van der Waals surface area contributed by atoms with Crippen molar-refractivity contribution in [2.24, 2.45) is 0 Å². The Labute approximate surface area is 125 Å². The molecule has 102 valence electrons. The van der Waals surface area contributed by atoms with E-state index in [1.54, 1.807) is 4.57 Å². The molecule has 0 saturated heterocycles. The standard InChI is InChI=1S/C17H12N2OS/c20-17-16-13(6-8-21-16)5-7-19(17)11-12-9-14-3-1-2-4-15(14)18-10-12/h1-10H,11H2. The van der Waals surface area contributed by atoms with E-state index in [1.165, 1.54) is 11.3 Å². The van der Waals surface area contributed by atoms with Crippen LogP contribution in [0.4, 0.5) is 0 Å². The molecule has 0 fully saturated rings. The van der Waals surface area contributed by atoms with Gasteiger partial charge in [0.1, 0.15) is 0 Å². The summed E-state index contributed by atoms with van der Waals surface area (Å²) in [5.41, 5.74) is 2.07. The van der Waals surface area contributed by atoms with E-state index in [1.807, 2.05) is 54.2 Å². The summed E-state index contributed by atoms with van der Waals surface area (Å²) in [4.78, 5) is 16.9. The van der Waals surface area contributed by atoms with Crippen molar-refractivity contribution in [3.63, 3.8) is 0 Å². The second-order valence-electron chi connectivity index (χ2n) is 4.99. The molecule has 0 unspecified atom stereocenters. The predicted molar refractivity (Wildman–Crippen MR) is 86.9 cm³/mol. The summed E-state index contributed by atoms with van der Waals surface area (Å²) in [6.45, 7) is 0.546. The summed E-state index contributed by atoms with van der Waals surface area (Å²) in [5, 5.41) is 4.06. The van der Waals surface area contributed by atoms with Crippen LogP contribution < -0.4 is 5.56 Å². The molecular formula is C17H12N2OS. The Balaban J connectivity index is 1.78. The van der Waals surface area contributed by atoms with Gasteiger partial charge in [-0.3, -0.25) is 9.78 Å². The van der Waals surface area contributed by atoms with Crippen molar-refractivity contribution in [2.75, 3.05) is 0 Å². The van der Waals surface area contributed by atoms with Gasteiger partial charge >= 0.3 is 0 Å². The molecule has 0 aliphatic rings. The fraction of sp³-hybridized carbons (Fsp3) is 0.0588. The lowest BCUT2D eigenvalue weighted by Crippen LogP contribution is -2.19. The third kappa shape index (κ3) is 2.14. The monoisotopic (exact) mass is 292 g/mol.